The molecule has 0 saturated carbocycles. The van der Waals surface area contributed by atoms with Gasteiger partial charge in [0.15, 0.2) is 0 Å². The average Bonchev–Trinajstić information content (AvgIpc) is 3.78. The van der Waals surface area contributed by atoms with Gasteiger partial charge >= 0.3 is 0 Å². The third kappa shape index (κ3) is 6.09. The molecule has 11 aromatic carbocycles. The Balaban J connectivity index is 1.02. The zero-order chi connectivity index (χ0) is 40.3. The molecule has 1 aliphatic heterocycles. The van der Waals surface area contributed by atoms with E-state index < -0.39 is 0 Å². The quantitative estimate of drug-likeness (QED) is 0.152. The lowest BCUT2D eigenvalue weighted by Gasteiger charge is -2.31. The Hall–Kier alpha value is -7.74. The molecule has 0 amide bonds. The second-order valence-electron chi connectivity index (χ2n) is 16.4. The summed E-state index contributed by atoms with van der Waals surface area (Å²) >= 11 is 0. The molecule has 1 heterocycles. The number of hydrogen-bond acceptors (Lipinski definition) is 1. The summed E-state index contributed by atoms with van der Waals surface area (Å²) in [4.78, 5) is 2.53. The topological polar surface area (TPSA) is 3.24 Å². The summed E-state index contributed by atoms with van der Waals surface area (Å²) in [7, 11) is 0. The van der Waals surface area contributed by atoms with E-state index in [1.165, 1.54) is 110 Å². The molecule has 1 heteroatoms. The predicted molar refractivity (Wildman–Crippen MR) is 261 cm³/mol. The molecule has 1 unspecified atom stereocenters. The SMILES string of the molecule is C1=C(c2ccccc2)N(c2ccc3cc(-c4ccc5c(-c6ccc7ccccc7c6)c6ccccc6c(-c6ccc7ccccc7c6)c5c4)ccc3c2)C(c2ccccc2)C1. The lowest BCUT2D eigenvalue weighted by atomic mass is 9.84. The van der Waals surface area contributed by atoms with Crippen LogP contribution < -0.4 is 4.90 Å². The van der Waals surface area contributed by atoms with Gasteiger partial charge < -0.3 is 4.90 Å². The summed E-state index contributed by atoms with van der Waals surface area (Å²) in [5, 5.41) is 12.5. The van der Waals surface area contributed by atoms with Crippen LogP contribution in [-0.4, -0.2) is 0 Å². The van der Waals surface area contributed by atoms with Crippen LogP contribution in [0, 0.1) is 0 Å². The molecule has 0 spiro atoms. The number of benzene rings is 11. The van der Waals surface area contributed by atoms with Crippen LogP contribution in [0.5, 0.6) is 0 Å². The average molecular weight is 776 g/mol. The van der Waals surface area contributed by atoms with Crippen molar-refractivity contribution in [2.45, 2.75) is 12.5 Å². The summed E-state index contributed by atoms with van der Waals surface area (Å²) < 4.78 is 0. The standard InChI is InChI=1S/C60H41N/c1-3-15-42(16-4-1)57-33-34-58(43-17-5-2-6-18-43)61(57)52-31-29-47-35-46(25-26-48(47)38-52)49-30-32-55-56(39-49)60(51-28-24-41-14-8-10-20-45(41)37-51)54-22-12-11-21-53(54)59(55)50-27-23-40-13-7-9-19-44(40)36-50/h1-33,35-39,58H,34H2. The van der Waals surface area contributed by atoms with Crippen molar-refractivity contribution in [3.8, 4) is 33.4 Å². The maximum Gasteiger partial charge on any atom is 0.0626 e. The molecule has 0 N–H and O–H groups in total. The highest BCUT2D eigenvalue weighted by molar-refractivity contribution is 6.22. The minimum absolute atomic E-state index is 0.234. The molecule has 12 rings (SSSR count). The van der Waals surface area contributed by atoms with Gasteiger partial charge in [0.25, 0.3) is 0 Å². The second-order valence-corrected chi connectivity index (χ2v) is 16.4. The zero-order valence-electron chi connectivity index (χ0n) is 33.7. The summed E-state index contributed by atoms with van der Waals surface area (Å²) in [6.07, 6.45) is 3.37. The first-order valence-electron chi connectivity index (χ1n) is 21.3. The van der Waals surface area contributed by atoms with Crippen molar-refractivity contribution in [1.82, 2.24) is 0 Å². The number of anilines is 1. The van der Waals surface area contributed by atoms with Crippen molar-refractivity contribution in [2.24, 2.45) is 0 Å². The Kier molecular flexibility index (Phi) is 8.38. The molecule has 0 saturated heterocycles. The van der Waals surface area contributed by atoms with Gasteiger partial charge in [-0.1, -0.05) is 194 Å². The Morgan fingerprint density at radius 2 is 0.770 bits per heavy atom. The van der Waals surface area contributed by atoms with Gasteiger partial charge in [0, 0.05) is 11.4 Å². The van der Waals surface area contributed by atoms with Crippen LogP contribution >= 0.6 is 0 Å². The highest BCUT2D eigenvalue weighted by Gasteiger charge is 2.29. The highest BCUT2D eigenvalue weighted by atomic mass is 15.2. The van der Waals surface area contributed by atoms with Crippen molar-refractivity contribution in [2.75, 3.05) is 4.90 Å². The maximum absolute atomic E-state index is 2.53. The first-order chi connectivity index (χ1) is 30.2. The molecule has 286 valence electrons. The molecule has 0 aliphatic carbocycles. The van der Waals surface area contributed by atoms with E-state index in [9.17, 15) is 0 Å². The van der Waals surface area contributed by atoms with E-state index in [4.69, 9.17) is 0 Å². The molecule has 1 aliphatic rings. The Morgan fingerprint density at radius 1 is 0.311 bits per heavy atom. The highest BCUT2D eigenvalue weighted by Crippen LogP contribution is 2.47. The van der Waals surface area contributed by atoms with Gasteiger partial charge in [-0.05, 0) is 141 Å². The Labute approximate surface area is 356 Å². The van der Waals surface area contributed by atoms with Crippen molar-refractivity contribution in [3.63, 3.8) is 0 Å². The minimum Gasteiger partial charge on any atom is -0.333 e. The van der Waals surface area contributed by atoms with Crippen LogP contribution in [-0.2, 0) is 0 Å². The molecule has 0 fully saturated rings. The third-order valence-corrected chi connectivity index (χ3v) is 12.9. The van der Waals surface area contributed by atoms with Gasteiger partial charge in [-0.15, -0.1) is 0 Å². The zero-order valence-corrected chi connectivity index (χ0v) is 33.7. The molecular formula is C60H41N. The lowest BCUT2D eigenvalue weighted by Crippen LogP contribution is -2.22. The number of fused-ring (bicyclic) bond motifs is 5. The van der Waals surface area contributed by atoms with Crippen LogP contribution in [0.4, 0.5) is 5.69 Å². The summed E-state index contributed by atoms with van der Waals surface area (Å²) in [6, 6.07) is 83.3. The molecular weight excluding hydrogens is 735 g/mol. The van der Waals surface area contributed by atoms with Gasteiger partial charge in [-0.2, -0.15) is 0 Å². The predicted octanol–water partition coefficient (Wildman–Crippen LogP) is 16.4. The number of hydrogen-bond donors (Lipinski definition) is 0. The molecule has 11 aromatic rings. The molecule has 61 heavy (non-hydrogen) atoms. The smallest absolute Gasteiger partial charge is 0.0626 e. The molecule has 1 nitrogen and oxygen atoms in total. The van der Waals surface area contributed by atoms with Crippen LogP contribution in [0.2, 0.25) is 0 Å². The van der Waals surface area contributed by atoms with E-state index in [0.29, 0.717) is 0 Å². The first-order valence-corrected chi connectivity index (χ1v) is 21.3. The number of rotatable bonds is 6. The van der Waals surface area contributed by atoms with E-state index in [0.717, 1.165) is 6.42 Å². The fraction of sp³-hybridized carbons (Fsp3) is 0.0333. The first kappa shape index (κ1) is 35.2. The van der Waals surface area contributed by atoms with Gasteiger partial charge in [0.2, 0.25) is 0 Å². The van der Waals surface area contributed by atoms with E-state index in [-0.39, 0.29) is 6.04 Å². The largest absolute Gasteiger partial charge is 0.333 e. The second kappa shape index (κ2) is 14.5. The van der Waals surface area contributed by atoms with E-state index in [1.807, 2.05) is 0 Å². The third-order valence-electron chi connectivity index (χ3n) is 12.9. The van der Waals surface area contributed by atoms with Crippen LogP contribution in [0.15, 0.2) is 231 Å². The fourth-order valence-corrected chi connectivity index (χ4v) is 9.97. The van der Waals surface area contributed by atoms with Crippen LogP contribution in [0.1, 0.15) is 23.6 Å². The Morgan fingerprint density at radius 3 is 1.46 bits per heavy atom. The van der Waals surface area contributed by atoms with E-state index in [1.54, 1.807) is 0 Å². The molecule has 0 bridgehead atoms. The van der Waals surface area contributed by atoms with E-state index >= 15 is 0 Å². The van der Waals surface area contributed by atoms with Crippen LogP contribution in [0.25, 0.3) is 92.9 Å². The minimum atomic E-state index is 0.234. The monoisotopic (exact) mass is 775 g/mol. The van der Waals surface area contributed by atoms with Gasteiger partial charge in [-0.25, -0.2) is 0 Å². The summed E-state index contributed by atoms with van der Waals surface area (Å²) in [6.45, 7) is 0. The van der Waals surface area contributed by atoms with Crippen molar-refractivity contribution < 1.29 is 0 Å². The van der Waals surface area contributed by atoms with E-state index in [2.05, 4.69) is 235 Å². The van der Waals surface area contributed by atoms with Crippen molar-refractivity contribution >= 4 is 65.2 Å². The van der Waals surface area contributed by atoms with Gasteiger partial charge in [0.1, 0.15) is 0 Å². The summed E-state index contributed by atoms with van der Waals surface area (Å²) in [5.74, 6) is 0. The van der Waals surface area contributed by atoms with Gasteiger partial charge in [-0.3, -0.25) is 0 Å². The number of nitrogens with zero attached hydrogens (tertiary/aromatic N) is 1. The maximum atomic E-state index is 2.53. The van der Waals surface area contributed by atoms with Crippen LogP contribution in [0.3, 0.4) is 0 Å². The van der Waals surface area contributed by atoms with Gasteiger partial charge in [0.05, 0.1) is 6.04 Å². The molecule has 1 atom stereocenters. The summed E-state index contributed by atoms with van der Waals surface area (Å²) in [5.41, 5.74) is 12.5. The lowest BCUT2D eigenvalue weighted by molar-refractivity contribution is 0.749. The Bertz CT molecular complexity index is 3510. The molecule has 0 aromatic heterocycles. The van der Waals surface area contributed by atoms with Crippen molar-refractivity contribution in [3.05, 3.63) is 242 Å². The fourth-order valence-electron chi connectivity index (χ4n) is 9.97. The van der Waals surface area contributed by atoms with Crippen molar-refractivity contribution in [1.29, 1.82) is 0 Å². The normalized spacial score (nSPS) is 14.1. The molecule has 0 radical (unpaired) electrons.